The van der Waals surface area contributed by atoms with Gasteiger partial charge in [0.2, 0.25) is 5.88 Å². The monoisotopic (exact) mass is 415 g/mol. The number of hydrogen-bond acceptors (Lipinski definition) is 8. The number of nitrogens with zero attached hydrogens (tertiary/aromatic N) is 3. The molecule has 30 heavy (non-hydrogen) atoms. The van der Waals surface area contributed by atoms with Crippen molar-refractivity contribution in [3.05, 3.63) is 67.0 Å². The van der Waals surface area contributed by atoms with E-state index in [2.05, 4.69) is 20.3 Å². The molecule has 2 heterocycles. The molecular weight excluding hydrogens is 398 g/mol. The first-order chi connectivity index (χ1) is 14.7. The SMILES string of the molecule is COc1ccc2nc(Nc3ncnc(Oc4ccc5ccccc5c4)c3N)sc2c1. The van der Waals surface area contributed by atoms with E-state index in [4.69, 9.17) is 15.2 Å². The summed E-state index contributed by atoms with van der Waals surface area (Å²) in [6, 6.07) is 19.6. The largest absolute Gasteiger partial charge is 0.497 e. The zero-order valence-corrected chi connectivity index (χ0v) is 16.8. The fraction of sp³-hybridized carbons (Fsp3) is 0.0455. The molecule has 0 spiro atoms. The topological polar surface area (TPSA) is 95.2 Å². The first-order valence-electron chi connectivity index (χ1n) is 9.18. The molecule has 5 aromatic rings. The Bertz CT molecular complexity index is 1370. The molecule has 0 bridgehead atoms. The Morgan fingerprint density at radius 3 is 2.63 bits per heavy atom. The predicted molar refractivity (Wildman–Crippen MR) is 120 cm³/mol. The second kappa shape index (κ2) is 7.49. The van der Waals surface area contributed by atoms with Gasteiger partial charge in [-0.1, -0.05) is 41.7 Å². The second-order valence-electron chi connectivity index (χ2n) is 6.53. The Morgan fingerprint density at radius 2 is 1.77 bits per heavy atom. The number of rotatable bonds is 5. The van der Waals surface area contributed by atoms with Gasteiger partial charge < -0.3 is 20.5 Å². The van der Waals surface area contributed by atoms with E-state index in [0.717, 1.165) is 26.7 Å². The summed E-state index contributed by atoms with van der Waals surface area (Å²) in [5.41, 5.74) is 7.45. The number of anilines is 3. The smallest absolute Gasteiger partial charge is 0.248 e. The lowest BCUT2D eigenvalue weighted by Gasteiger charge is -2.11. The van der Waals surface area contributed by atoms with E-state index in [1.54, 1.807) is 7.11 Å². The van der Waals surface area contributed by atoms with Crippen molar-refractivity contribution in [1.29, 1.82) is 0 Å². The van der Waals surface area contributed by atoms with Gasteiger partial charge in [0.1, 0.15) is 23.5 Å². The third kappa shape index (κ3) is 3.44. The maximum absolute atomic E-state index is 6.28. The molecule has 0 aliphatic carbocycles. The average Bonchev–Trinajstić information content (AvgIpc) is 3.18. The van der Waals surface area contributed by atoms with Crippen LogP contribution in [-0.4, -0.2) is 22.1 Å². The van der Waals surface area contributed by atoms with Gasteiger partial charge in [-0.2, -0.15) is 4.98 Å². The summed E-state index contributed by atoms with van der Waals surface area (Å²) in [6.07, 6.45) is 1.41. The summed E-state index contributed by atoms with van der Waals surface area (Å²) in [5, 5.41) is 6.04. The van der Waals surface area contributed by atoms with E-state index >= 15 is 0 Å². The van der Waals surface area contributed by atoms with E-state index in [1.807, 2.05) is 60.7 Å². The molecule has 3 aromatic carbocycles. The average molecular weight is 415 g/mol. The summed E-state index contributed by atoms with van der Waals surface area (Å²) in [4.78, 5) is 13.0. The van der Waals surface area contributed by atoms with Crippen LogP contribution in [0.4, 0.5) is 16.6 Å². The van der Waals surface area contributed by atoms with Crippen LogP contribution in [0.5, 0.6) is 17.4 Å². The predicted octanol–water partition coefficient (Wildman–Crippen LogP) is 5.37. The van der Waals surface area contributed by atoms with Crippen LogP contribution in [-0.2, 0) is 0 Å². The van der Waals surface area contributed by atoms with Crippen molar-refractivity contribution in [2.75, 3.05) is 18.2 Å². The highest BCUT2D eigenvalue weighted by atomic mass is 32.1. The van der Waals surface area contributed by atoms with Crippen molar-refractivity contribution in [3.8, 4) is 17.4 Å². The van der Waals surface area contributed by atoms with Crippen molar-refractivity contribution in [2.45, 2.75) is 0 Å². The third-order valence-electron chi connectivity index (χ3n) is 4.60. The number of nitrogens with one attached hydrogen (secondary N) is 1. The molecule has 0 fully saturated rings. The summed E-state index contributed by atoms with van der Waals surface area (Å²) in [7, 11) is 1.64. The molecule has 148 valence electrons. The Labute approximate surface area is 176 Å². The molecule has 0 amide bonds. The van der Waals surface area contributed by atoms with E-state index in [0.29, 0.717) is 22.4 Å². The van der Waals surface area contributed by atoms with Crippen LogP contribution in [0.1, 0.15) is 0 Å². The highest BCUT2D eigenvalue weighted by Crippen LogP contribution is 2.35. The summed E-state index contributed by atoms with van der Waals surface area (Å²) < 4.78 is 12.2. The summed E-state index contributed by atoms with van der Waals surface area (Å²) in [5.74, 6) is 2.15. The minimum atomic E-state index is 0.283. The number of nitrogens with two attached hydrogens (primary N) is 1. The molecular formula is C22H17N5O2S. The molecule has 0 saturated heterocycles. The standard InChI is InChI=1S/C22H17N5O2S/c1-28-15-8-9-17-18(11-15)30-22(26-17)27-20-19(23)21(25-12-24-20)29-16-7-6-13-4-2-3-5-14(13)10-16/h2-12H,23H2,1H3,(H,24,25,26,27). The molecule has 0 atom stereocenters. The zero-order valence-electron chi connectivity index (χ0n) is 16.0. The molecule has 0 saturated carbocycles. The summed E-state index contributed by atoms with van der Waals surface area (Å²) >= 11 is 1.48. The van der Waals surface area contributed by atoms with Gasteiger partial charge in [0.05, 0.1) is 17.3 Å². The van der Waals surface area contributed by atoms with Crippen molar-refractivity contribution < 1.29 is 9.47 Å². The lowest BCUT2D eigenvalue weighted by atomic mass is 10.1. The number of nitrogen functional groups attached to an aromatic ring is 1. The van der Waals surface area contributed by atoms with Gasteiger partial charge in [-0.3, -0.25) is 0 Å². The van der Waals surface area contributed by atoms with E-state index in [9.17, 15) is 0 Å². The highest BCUT2D eigenvalue weighted by molar-refractivity contribution is 7.22. The Morgan fingerprint density at radius 1 is 0.933 bits per heavy atom. The Hall–Kier alpha value is -3.91. The molecule has 2 aromatic heterocycles. The van der Waals surface area contributed by atoms with Crippen LogP contribution >= 0.6 is 11.3 Å². The van der Waals surface area contributed by atoms with Crippen LogP contribution in [0.3, 0.4) is 0 Å². The molecule has 7 nitrogen and oxygen atoms in total. The molecule has 0 radical (unpaired) electrons. The fourth-order valence-corrected chi connectivity index (χ4v) is 3.98. The molecule has 8 heteroatoms. The normalized spacial score (nSPS) is 11.0. The number of ether oxygens (including phenoxy) is 2. The number of thiazole rings is 1. The van der Waals surface area contributed by atoms with Crippen LogP contribution in [0.2, 0.25) is 0 Å². The number of benzene rings is 3. The quantitative estimate of drug-likeness (QED) is 0.399. The van der Waals surface area contributed by atoms with Crippen molar-refractivity contribution in [1.82, 2.24) is 15.0 Å². The lowest BCUT2D eigenvalue weighted by molar-refractivity contribution is 0.415. The Kier molecular flexibility index (Phi) is 4.53. The third-order valence-corrected chi connectivity index (χ3v) is 5.54. The van der Waals surface area contributed by atoms with Crippen molar-refractivity contribution >= 4 is 49.0 Å². The lowest BCUT2D eigenvalue weighted by Crippen LogP contribution is -2.02. The van der Waals surface area contributed by atoms with E-state index in [-0.39, 0.29) is 5.88 Å². The highest BCUT2D eigenvalue weighted by Gasteiger charge is 2.13. The minimum absolute atomic E-state index is 0.283. The first-order valence-corrected chi connectivity index (χ1v) is 10.00. The molecule has 0 unspecified atom stereocenters. The van der Waals surface area contributed by atoms with Gasteiger partial charge in [-0.05, 0) is 41.1 Å². The van der Waals surface area contributed by atoms with Gasteiger partial charge in [0.15, 0.2) is 10.9 Å². The second-order valence-corrected chi connectivity index (χ2v) is 7.56. The Balaban J connectivity index is 1.42. The molecule has 3 N–H and O–H groups in total. The molecule has 0 aliphatic rings. The van der Waals surface area contributed by atoms with Crippen LogP contribution in [0.15, 0.2) is 67.0 Å². The summed E-state index contributed by atoms with van der Waals surface area (Å²) in [6.45, 7) is 0. The molecule has 0 aliphatic heterocycles. The van der Waals surface area contributed by atoms with Gasteiger partial charge in [-0.25, -0.2) is 9.97 Å². The van der Waals surface area contributed by atoms with E-state index < -0.39 is 0 Å². The molecule has 5 rings (SSSR count). The van der Waals surface area contributed by atoms with E-state index in [1.165, 1.54) is 17.7 Å². The fourth-order valence-electron chi connectivity index (χ4n) is 3.09. The number of fused-ring (bicyclic) bond motifs is 2. The number of hydrogen-bond donors (Lipinski definition) is 2. The minimum Gasteiger partial charge on any atom is -0.497 e. The zero-order chi connectivity index (χ0) is 20.5. The van der Waals surface area contributed by atoms with Crippen molar-refractivity contribution in [2.24, 2.45) is 0 Å². The van der Waals surface area contributed by atoms with Gasteiger partial charge in [-0.15, -0.1) is 0 Å². The van der Waals surface area contributed by atoms with Crippen LogP contribution in [0.25, 0.3) is 21.0 Å². The van der Waals surface area contributed by atoms with Gasteiger partial charge in [0.25, 0.3) is 0 Å². The number of methoxy groups -OCH3 is 1. The van der Waals surface area contributed by atoms with Crippen molar-refractivity contribution in [3.63, 3.8) is 0 Å². The maximum Gasteiger partial charge on any atom is 0.248 e. The van der Waals surface area contributed by atoms with Gasteiger partial charge in [0, 0.05) is 0 Å². The first kappa shape index (κ1) is 18.1. The van der Waals surface area contributed by atoms with Crippen LogP contribution < -0.4 is 20.5 Å². The van der Waals surface area contributed by atoms with Gasteiger partial charge >= 0.3 is 0 Å². The van der Waals surface area contributed by atoms with Crippen LogP contribution in [0, 0.1) is 0 Å². The maximum atomic E-state index is 6.28. The number of aromatic nitrogens is 3.